The predicted molar refractivity (Wildman–Crippen MR) is 121 cm³/mol. The number of rotatable bonds is 3. The summed E-state index contributed by atoms with van der Waals surface area (Å²) in [6.07, 6.45) is 1.61. The number of nitrogens with zero attached hydrogens (tertiary/aromatic N) is 2. The average molecular weight is 447 g/mol. The Morgan fingerprint density at radius 1 is 1.31 bits per heavy atom. The first-order chi connectivity index (χ1) is 15.0. The number of halogens is 1. The lowest BCUT2D eigenvalue weighted by molar-refractivity contribution is 0.0494. The molecule has 3 heterocycles. The summed E-state index contributed by atoms with van der Waals surface area (Å²) in [4.78, 5) is 41.3. The summed E-state index contributed by atoms with van der Waals surface area (Å²) in [5, 5.41) is 3.10. The van der Waals surface area contributed by atoms with Gasteiger partial charge in [-0.25, -0.2) is 14.0 Å². The van der Waals surface area contributed by atoms with Gasteiger partial charge in [-0.05, 0) is 65.9 Å². The average Bonchev–Trinajstić information content (AvgIpc) is 3.14. The summed E-state index contributed by atoms with van der Waals surface area (Å²) in [5.74, 6) is -0.333. The van der Waals surface area contributed by atoms with Gasteiger partial charge in [-0.15, -0.1) is 0 Å². The van der Waals surface area contributed by atoms with E-state index in [4.69, 9.17) is 4.74 Å². The van der Waals surface area contributed by atoms with Crippen molar-refractivity contribution in [3.8, 4) is 0 Å². The summed E-state index contributed by atoms with van der Waals surface area (Å²) >= 11 is 0. The monoisotopic (exact) mass is 446 g/mol. The van der Waals surface area contributed by atoms with Crippen molar-refractivity contribution < 1.29 is 13.9 Å². The maximum absolute atomic E-state index is 15.3. The number of carbonyl (C=O) groups is 1. The van der Waals surface area contributed by atoms with Crippen molar-refractivity contribution in [3.63, 3.8) is 0 Å². The molecule has 2 aliphatic rings. The minimum absolute atomic E-state index is 0.0722. The molecular formula is C23H31FN4O4. The van der Waals surface area contributed by atoms with Gasteiger partial charge in [0.05, 0.1) is 16.6 Å². The molecule has 3 atom stereocenters. The van der Waals surface area contributed by atoms with E-state index in [0.717, 1.165) is 12.0 Å². The Bertz CT molecular complexity index is 1180. The normalized spacial score (nSPS) is 21.6. The molecule has 32 heavy (non-hydrogen) atoms. The first-order valence-corrected chi connectivity index (χ1v) is 11.2. The van der Waals surface area contributed by atoms with Crippen molar-refractivity contribution in [2.45, 2.75) is 71.6 Å². The van der Waals surface area contributed by atoms with Gasteiger partial charge in [0.25, 0.3) is 5.56 Å². The third-order valence-electron chi connectivity index (χ3n) is 6.49. The van der Waals surface area contributed by atoms with Crippen molar-refractivity contribution in [3.05, 3.63) is 38.3 Å². The van der Waals surface area contributed by atoms with Crippen molar-refractivity contribution >= 4 is 22.7 Å². The molecular weight excluding hydrogens is 415 g/mol. The fourth-order valence-electron chi connectivity index (χ4n) is 4.95. The summed E-state index contributed by atoms with van der Waals surface area (Å²) < 4.78 is 22.2. The quantitative estimate of drug-likeness (QED) is 0.755. The van der Waals surface area contributed by atoms with Crippen molar-refractivity contribution in [1.29, 1.82) is 0 Å². The maximum Gasteiger partial charge on any atom is 0.407 e. The van der Waals surface area contributed by atoms with Crippen molar-refractivity contribution in [2.75, 3.05) is 18.0 Å². The molecule has 1 aromatic carbocycles. The zero-order chi connectivity index (χ0) is 23.4. The molecule has 1 fully saturated rings. The molecule has 2 aliphatic heterocycles. The Morgan fingerprint density at radius 2 is 2.03 bits per heavy atom. The maximum atomic E-state index is 15.3. The summed E-state index contributed by atoms with van der Waals surface area (Å²) in [6.45, 7) is 10.5. The number of amides is 1. The van der Waals surface area contributed by atoms with Gasteiger partial charge in [0, 0.05) is 30.7 Å². The second kappa shape index (κ2) is 7.94. The highest BCUT2D eigenvalue weighted by molar-refractivity contribution is 5.88. The Hall–Kier alpha value is -2.84. The number of hydrogen-bond acceptors (Lipinski definition) is 5. The first kappa shape index (κ1) is 22.4. The number of anilines is 1. The highest BCUT2D eigenvalue weighted by Gasteiger charge is 2.34. The number of benzene rings is 1. The van der Waals surface area contributed by atoms with Crippen LogP contribution in [0.1, 0.15) is 59.1 Å². The van der Waals surface area contributed by atoms with Crippen LogP contribution in [0.2, 0.25) is 0 Å². The van der Waals surface area contributed by atoms with E-state index >= 15 is 4.39 Å². The molecule has 0 bridgehead atoms. The van der Waals surface area contributed by atoms with Crippen LogP contribution >= 0.6 is 0 Å². The van der Waals surface area contributed by atoms with Crippen LogP contribution < -0.4 is 21.5 Å². The SMILES string of the molecule is CC(NC(=O)OC(C)(C)C)[C@H]1CCN(c2c(F)cc3c(=O)[nH]c(=O)n4c3c2CC[C@H]4C)C1. The Balaban J connectivity index is 1.64. The van der Waals surface area contributed by atoms with Gasteiger partial charge in [0.15, 0.2) is 0 Å². The molecule has 0 radical (unpaired) electrons. The van der Waals surface area contributed by atoms with E-state index in [1.165, 1.54) is 6.07 Å². The van der Waals surface area contributed by atoms with Crippen LogP contribution in [0.5, 0.6) is 0 Å². The predicted octanol–water partition coefficient (Wildman–Crippen LogP) is 3.08. The molecule has 0 spiro atoms. The standard InChI is InChI=1S/C23H31FN4O4/c1-12-6-7-15-18-16(20(29)26-21(30)28(12)18)10-17(24)19(15)27-9-8-14(11-27)13(2)25-22(31)32-23(3,4)5/h10,12-14H,6-9,11H2,1-5H3,(H,25,31)(H,26,29,30)/t12-,13?,14+/m1/s1. The molecule has 1 aromatic heterocycles. The van der Waals surface area contributed by atoms with E-state index in [1.54, 1.807) is 4.57 Å². The van der Waals surface area contributed by atoms with Gasteiger partial charge in [-0.2, -0.15) is 0 Å². The lowest BCUT2D eigenvalue weighted by atomic mass is 9.95. The van der Waals surface area contributed by atoms with Gasteiger partial charge < -0.3 is 15.0 Å². The van der Waals surface area contributed by atoms with E-state index in [0.29, 0.717) is 37.1 Å². The third-order valence-corrected chi connectivity index (χ3v) is 6.49. The Kier molecular flexibility index (Phi) is 5.55. The van der Waals surface area contributed by atoms with Gasteiger partial charge in [-0.3, -0.25) is 14.3 Å². The van der Waals surface area contributed by atoms with E-state index in [2.05, 4.69) is 10.3 Å². The van der Waals surface area contributed by atoms with E-state index in [1.807, 2.05) is 39.5 Å². The highest BCUT2D eigenvalue weighted by atomic mass is 19.1. The summed E-state index contributed by atoms with van der Waals surface area (Å²) in [5.41, 5.74) is 0.134. The largest absolute Gasteiger partial charge is 0.444 e. The molecule has 174 valence electrons. The topological polar surface area (TPSA) is 96.4 Å². The van der Waals surface area contributed by atoms with Crippen LogP contribution in [0.25, 0.3) is 10.9 Å². The Morgan fingerprint density at radius 3 is 2.72 bits per heavy atom. The van der Waals surface area contributed by atoms with Gasteiger partial charge >= 0.3 is 11.8 Å². The second-order valence-electron chi connectivity index (χ2n) is 10.0. The summed E-state index contributed by atoms with van der Waals surface area (Å²) in [7, 11) is 0. The Labute approximate surface area is 185 Å². The molecule has 1 unspecified atom stereocenters. The van der Waals surface area contributed by atoms with Gasteiger partial charge in [0.2, 0.25) is 0 Å². The molecule has 0 aliphatic carbocycles. The highest BCUT2D eigenvalue weighted by Crippen LogP contribution is 2.38. The van der Waals surface area contributed by atoms with Crippen LogP contribution in [0.3, 0.4) is 0 Å². The third kappa shape index (κ3) is 4.00. The van der Waals surface area contributed by atoms with E-state index < -0.39 is 28.8 Å². The molecule has 2 aromatic rings. The van der Waals surface area contributed by atoms with Crippen LogP contribution in [-0.2, 0) is 11.2 Å². The number of nitrogens with one attached hydrogen (secondary N) is 2. The molecule has 2 N–H and O–H groups in total. The van der Waals surface area contributed by atoms with Gasteiger partial charge in [0.1, 0.15) is 11.4 Å². The fraction of sp³-hybridized carbons (Fsp3) is 0.609. The number of alkyl carbamates (subject to hydrolysis) is 1. The lowest BCUT2D eigenvalue weighted by Gasteiger charge is -2.30. The molecule has 1 amide bonds. The number of aryl methyl sites for hydroxylation is 1. The van der Waals surface area contributed by atoms with Crippen LogP contribution in [-0.4, -0.2) is 40.4 Å². The zero-order valence-corrected chi connectivity index (χ0v) is 19.3. The minimum Gasteiger partial charge on any atom is -0.444 e. The van der Waals surface area contributed by atoms with Crippen molar-refractivity contribution in [2.24, 2.45) is 5.92 Å². The van der Waals surface area contributed by atoms with Crippen molar-refractivity contribution in [1.82, 2.24) is 14.9 Å². The molecule has 8 nitrogen and oxygen atoms in total. The van der Waals surface area contributed by atoms with Crippen LogP contribution in [0.4, 0.5) is 14.9 Å². The smallest absolute Gasteiger partial charge is 0.407 e. The van der Waals surface area contributed by atoms with Crippen LogP contribution in [0, 0.1) is 11.7 Å². The fourth-order valence-corrected chi connectivity index (χ4v) is 4.95. The number of hydrogen-bond donors (Lipinski definition) is 2. The zero-order valence-electron chi connectivity index (χ0n) is 19.3. The second-order valence-corrected chi connectivity index (χ2v) is 10.0. The number of aromatic nitrogens is 2. The first-order valence-electron chi connectivity index (χ1n) is 11.2. The van der Waals surface area contributed by atoms with Crippen LogP contribution in [0.15, 0.2) is 15.7 Å². The minimum atomic E-state index is -0.576. The molecule has 0 saturated carbocycles. The number of aromatic amines is 1. The molecule has 4 rings (SSSR count). The summed E-state index contributed by atoms with van der Waals surface area (Å²) in [6, 6.07) is 1.03. The molecule has 1 saturated heterocycles. The molecule has 9 heteroatoms. The van der Waals surface area contributed by atoms with Gasteiger partial charge in [-0.1, -0.05) is 0 Å². The van der Waals surface area contributed by atoms with E-state index in [-0.39, 0.29) is 23.4 Å². The number of ether oxygens (including phenoxy) is 1. The van der Waals surface area contributed by atoms with E-state index in [9.17, 15) is 14.4 Å². The number of carbonyl (C=O) groups excluding carboxylic acids is 1. The lowest BCUT2D eigenvalue weighted by Crippen LogP contribution is -2.42. The number of H-pyrrole nitrogens is 1.